The Morgan fingerprint density at radius 3 is 2.74 bits per heavy atom. The molecule has 4 heteroatoms. The van der Waals surface area contributed by atoms with E-state index >= 15 is 0 Å². The number of hydrogen-bond acceptors (Lipinski definition) is 3. The summed E-state index contributed by atoms with van der Waals surface area (Å²) in [6.45, 7) is 2.34. The van der Waals surface area contributed by atoms with Crippen LogP contribution in [0.2, 0.25) is 0 Å². The summed E-state index contributed by atoms with van der Waals surface area (Å²) in [6, 6.07) is 4.21. The molecule has 2 rings (SSSR count). The van der Waals surface area contributed by atoms with E-state index in [0.717, 1.165) is 18.6 Å². The van der Waals surface area contributed by atoms with Gasteiger partial charge in [0.2, 0.25) is 5.91 Å². The Bertz CT molecular complexity index is 368. The lowest BCUT2D eigenvalue weighted by Crippen LogP contribution is -2.40. The van der Waals surface area contributed by atoms with E-state index in [9.17, 15) is 4.79 Å². The van der Waals surface area contributed by atoms with Crippen LogP contribution in [0.3, 0.4) is 0 Å². The van der Waals surface area contributed by atoms with Crippen LogP contribution in [0.1, 0.15) is 57.3 Å². The first kappa shape index (κ1) is 14.1. The van der Waals surface area contributed by atoms with Gasteiger partial charge in [-0.05, 0) is 31.9 Å². The molecule has 0 spiro atoms. The van der Waals surface area contributed by atoms with Gasteiger partial charge in [-0.2, -0.15) is 0 Å². The zero-order valence-electron chi connectivity index (χ0n) is 11.7. The molecule has 0 aliphatic heterocycles. The minimum absolute atomic E-state index is 0.0647. The second-order valence-corrected chi connectivity index (χ2v) is 5.37. The third kappa shape index (κ3) is 4.71. The average Bonchev–Trinajstić information content (AvgIpc) is 2.82. The van der Waals surface area contributed by atoms with Gasteiger partial charge in [-0.1, -0.05) is 25.7 Å². The molecule has 2 N–H and O–H groups in total. The van der Waals surface area contributed by atoms with Crippen molar-refractivity contribution in [1.82, 2.24) is 10.6 Å². The smallest absolute Gasteiger partial charge is 0.234 e. The normalized spacial score (nSPS) is 18.8. The summed E-state index contributed by atoms with van der Waals surface area (Å²) < 4.78 is 5.30. The fourth-order valence-corrected chi connectivity index (χ4v) is 2.59. The molecule has 106 valence electrons. The highest BCUT2D eigenvalue weighted by Gasteiger charge is 2.15. The average molecular weight is 264 g/mol. The van der Waals surface area contributed by atoms with E-state index in [0.29, 0.717) is 12.6 Å². The molecule has 1 atom stereocenters. The van der Waals surface area contributed by atoms with E-state index in [2.05, 4.69) is 10.6 Å². The summed E-state index contributed by atoms with van der Waals surface area (Å²) >= 11 is 0. The van der Waals surface area contributed by atoms with Crippen molar-refractivity contribution in [2.24, 2.45) is 0 Å². The van der Waals surface area contributed by atoms with Gasteiger partial charge in [0.05, 0.1) is 18.8 Å². The van der Waals surface area contributed by atoms with Crippen LogP contribution in [0, 0.1) is 0 Å². The maximum atomic E-state index is 11.9. The van der Waals surface area contributed by atoms with Crippen LogP contribution in [0.15, 0.2) is 22.8 Å². The standard InChI is InChI=1S/C15H24N2O2/c1-12(14-9-6-10-19-14)16-11-15(18)17-13-7-4-2-3-5-8-13/h6,9-10,12-13,16H,2-5,7-8,11H2,1H3,(H,17,18). The van der Waals surface area contributed by atoms with Gasteiger partial charge in [0.25, 0.3) is 0 Å². The number of nitrogens with one attached hydrogen (secondary N) is 2. The van der Waals surface area contributed by atoms with Crippen LogP contribution in [-0.4, -0.2) is 18.5 Å². The molecule has 0 radical (unpaired) electrons. The van der Waals surface area contributed by atoms with Crippen LogP contribution in [0.5, 0.6) is 0 Å². The number of furan rings is 1. The van der Waals surface area contributed by atoms with Crippen LogP contribution in [-0.2, 0) is 4.79 Å². The largest absolute Gasteiger partial charge is 0.468 e. The van der Waals surface area contributed by atoms with Crippen molar-refractivity contribution in [3.8, 4) is 0 Å². The Morgan fingerprint density at radius 2 is 2.11 bits per heavy atom. The molecule has 1 fully saturated rings. The maximum Gasteiger partial charge on any atom is 0.234 e. The molecule has 1 heterocycles. The van der Waals surface area contributed by atoms with Crippen LogP contribution < -0.4 is 10.6 Å². The molecule has 0 aromatic carbocycles. The monoisotopic (exact) mass is 264 g/mol. The lowest BCUT2D eigenvalue weighted by atomic mass is 10.1. The third-order valence-electron chi connectivity index (χ3n) is 3.76. The first-order valence-corrected chi connectivity index (χ1v) is 7.32. The summed E-state index contributed by atoms with van der Waals surface area (Å²) in [5, 5.41) is 6.31. The second-order valence-electron chi connectivity index (χ2n) is 5.37. The third-order valence-corrected chi connectivity index (χ3v) is 3.76. The molecule has 0 saturated heterocycles. The highest BCUT2D eigenvalue weighted by molar-refractivity contribution is 5.78. The highest BCUT2D eigenvalue weighted by atomic mass is 16.3. The van der Waals surface area contributed by atoms with E-state index in [1.807, 2.05) is 19.1 Å². The Kier molecular flexibility index (Phi) is 5.45. The molecule has 1 amide bonds. The Balaban J connectivity index is 1.69. The first-order valence-electron chi connectivity index (χ1n) is 7.32. The van der Waals surface area contributed by atoms with Gasteiger partial charge in [-0.25, -0.2) is 0 Å². The number of carbonyl (C=O) groups is 1. The Morgan fingerprint density at radius 1 is 1.37 bits per heavy atom. The van der Waals surface area contributed by atoms with Gasteiger partial charge in [0.15, 0.2) is 0 Å². The van der Waals surface area contributed by atoms with Crippen molar-refractivity contribution in [3.63, 3.8) is 0 Å². The maximum absolute atomic E-state index is 11.9. The van der Waals surface area contributed by atoms with E-state index < -0.39 is 0 Å². The predicted molar refractivity (Wildman–Crippen MR) is 74.8 cm³/mol. The van der Waals surface area contributed by atoms with E-state index in [1.165, 1.54) is 25.7 Å². The molecule has 19 heavy (non-hydrogen) atoms. The topological polar surface area (TPSA) is 54.3 Å². The molecule has 1 aliphatic rings. The minimum Gasteiger partial charge on any atom is -0.468 e. The van der Waals surface area contributed by atoms with Crippen molar-refractivity contribution < 1.29 is 9.21 Å². The van der Waals surface area contributed by atoms with Crippen molar-refractivity contribution in [1.29, 1.82) is 0 Å². The lowest BCUT2D eigenvalue weighted by Gasteiger charge is -2.17. The van der Waals surface area contributed by atoms with Gasteiger partial charge in [0.1, 0.15) is 5.76 Å². The molecule has 1 aromatic rings. The first-order chi connectivity index (χ1) is 9.25. The van der Waals surface area contributed by atoms with Gasteiger partial charge in [-0.15, -0.1) is 0 Å². The van der Waals surface area contributed by atoms with Crippen molar-refractivity contribution >= 4 is 5.91 Å². The fourth-order valence-electron chi connectivity index (χ4n) is 2.59. The van der Waals surface area contributed by atoms with Gasteiger partial charge in [0, 0.05) is 6.04 Å². The molecular formula is C15H24N2O2. The summed E-state index contributed by atoms with van der Waals surface area (Å²) in [4.78, 5) is 11.9. The molecule has 1 aliphatic carbocycles. The molecule has 1 saturated carbocycles. The number of amides is 1. The van der Waals surface area contributed by atoms with E-state index in [4.69, 9.17) is 4.42 Å². The minimum atomic E-state index is 0.0647. The van der Waals surface area contributed by atoms with Crippen molar-refractivity contribution in [2.75, 3.05) is 6.54 Å². The SMILES string of the molecule is CC(NCC(=O)NC1CCCCCC1)c1ccco1. The van der Waals surface area contributed by atoms with E-state index in [-0.39, 0.29) is 11.9 Å². The van der Waals surface area contributed by atoms with Gasteiger partial charge >= 0.3 is 0 Å². The van der Waals surface area contributed by atoms with Crippen LogP contribution in [0.25, 0.3) is 0 Å². The van der Waals surface area contributed by atoms with Crippen LogP contribution in [0.4, 0.5) is 0 Å². The Hall–Kier alpha value is -1.29. The van der Waals surface area contributed by atoms with E-state index in [1.54, 1.807) is 6.26 Å². The molecule has 1 unspecified atom stereocenters. The van der Waals surface area contributed by atoms with Gasteiger partial charge in [-0.3, -0.25) is 10.1 Å². The summed E-state index contributed by atoms with van der Waals surface area (Å²) in [6.07, 6.45) is 8.99. The highest BCUT2D eigenvalue weighted by Crippen LogP contribution is 2.17. The van der Waals surface area contributed by atoms with Gasteiger partial charge < -0.3 is 9.73 Å². The zero-order valence-corrected chi connectivity index (χ0v) is 11.7. The quantitative estimate of drug-likeness (QED) is 0.804. The molecule has 0 bridgehead atoms. The number of rotatable bonds is 5. The second kappa shape index (κ2) is 7.34. The number of hydrogen-bond donors (Lipinski definition) is 2. The summed E-state index contributed by atoms with van der Waals surface area (Å²) in [5.41, 5.74) is 0. The summed E-state index contributed by atoms with van der Waals surface area (Å²) in [7, 11) is 0. The fraction of sp³-hybridized carbons (Fsp3) is 0.667. The number of carbonyl (C=O) groups excluding carboxylic acids is 1. The van der Waals surface area contributed by atoms with Crippen molar-refractivity contribution in [3.05, 3.63) is 24.2 Å². The molecule has 1 aromatic heterocycles. The van der Waals surface area contributed by atoms with Crippen LogP contribution >= 0.6 is 0 Å². The predicted octanol–water partition coefficient (Wildman–Crippen LogP) is 2.77. The summed E-state index contributed by atoms with van der Waals surface area (Å²) in [5.74, 6) is 0.951. The Labute approximate surface area is 114 Å². The lowest BCUT2D eigenvalue weighted by molar-refractivity contribution is -0.121. The zero-order chi connectivity index (χ0) is 13.5. The van der Waals surface area contributed by atoms with Crippen molar-refractivity contribution in [2.45, 2.75) is 57.5 Å². The molecule has 4 nitrogen and oxygen atoms in total. The molecular weight excluding hydrogens is 240 g/mol.